The fraction of sp³-hybridized carbons (Fsp3) is 0.412. The van der Waals surface area contributed by atoms with Crippen LogP contribution < -0.4 is 10.1 Å². The van der Waals surface area contributed by atoms with Gasteiger partial charge in [0.05, 0.1) is 11.9 Å². The molecule has 2 aromatic rings. The van der Waals surface area contributed by atoms with E-state index < -0.39 is 15.7 Å². The lowest BCUT2D eigenvalue weighted by molar-refractivity contribution is 0.102. The van der Waals surface area contributed by atoms with Crippen LogP contribution in [-0.4, -0.2) is 47.1 Å². The lowest BCUT2D eigenvalue weighted by atomic mass is 10.1. The monoisotopic (exact) mass is 440 g/mol. The van der Waals surface area contributed by atoms with Crippen LogP contribution in [0, 0.1) is 5.92 Å². The molecule has 0 saturated carbocycles. The van der Waals surface area contributed by atoms with E-state index in [0.29, 0.717) is 11.6 Å². The van der Waals surface area contributed by atoms with Gasteiger partial charge in [0.15, 0.2) is 14.9 Å². The lowest BCUT2D eigenvalue weighted by Crippen LogP contribution is -2.17. The molecule has 2 aromatic heterocycles. The van der Waals surface area contributed by atoms with Gasteiger partial charge in [0.2, 0.25) is 11.0 Å². The number of nitrogens with one attached hydrogen (secondary N) is 1. The molecule has 150 valence electrons. The van der Waals surface area contributed by atoms with Gasteiger partial charge in [0.25, 0.3) is 5.91 Å². The fourth-order valence-electron chi connectivity index (χ4n) is 2.46. The summed E-state index contributed by atoms with van der Waals surface area (Å²) in [5.74, 6) is 0.664. The minimum absolute atomic E-state index is 0.0435. The zero-order valence-corrected chi connectivity index (χ0v) is 17.8. The van der Waals surface area contributed by atoms with Crippen molar-refractivity contribution in [3.05, 3.63) is 34.7 Å². The Morgan fingerprint density at radius 1 is 1.39 bits per heavy atom. The molecule has 1 aliphatic rings. The van der Waals surface area contributed by atoms with Crippen molar-refractivity contribution in [3.63, 3.8) is 0 Å². The number of nitrogens with zero attached hydrogens (tertiary/aromatic N) is 3. The third-order valence-corrected chi connectivity index (χ3v) is 7.01. The molecule has 0 saturated heterocycles. The SMILES string of the molecule is CC(C)Oc1cc(C(=O)Nc2nncs2)cc(S(=O)(=O)CCC2C=CSC2)n1. The number of thioether (sulfide) groups is 1. The molecule has 0 bridgehead atoms. The number of hydrogen-bond acceptors (Lipinski definition) is 9. The van der Waals surface area contributed by atoms with Crippen LogP contribution in [0.25, 0.3) is 0 Å². The van der Waals surface area contributed by atoms with Crippen molar-refractivity contribution in [1.82, 2.24) is 15.2 Å². The number of aromatic nitrogens is 3. The second-order valence-corrected chi connectivity index (χ2v) is 10.3. The summed E-state index contributed by atoms with van der Waals surface area (Å²) in [7, 11) is -3.66. The minimum atomic E-state index is -3.66. The molecule has 1 aliphatic heterocycles. The largest absolute Gasteiger partial charge is 0.475 e. The van der Waals surface area contributed by atoms with Gasteiger partial charge in [0.1, 0.15) is 5.51 Å². The molecule has 0 fully saturated rings. The molecule has 0 radical (unpaired) electrons. The van der Waals surface area contributed by atoms with Gasteiger partial charge in [-0.2, -0.15) is 0 Å². The van der Waals surface area contributed by atoms with Crippen LogP contribution in [0.2, 0.25) is 0 Å². The van der Waals surface area contributed by atoms with Crippen molar-refractivity contribution in [2.24, 2.45) is 5.92 Å². The Hall–Kier alpha value is -1.98. The first kappa shape index (κ1) is 20.7. The Balaban J connectivity index is 1.85. The van der Waals surface area contributed by atoms with Crippen LogP contribution in [0.15, 0.2) is 34.2 Å². The number of amides is 1. The topological polar surface area (TPSA) is 111 Å². The molecule has 1 atom stereocenters. The molecule has 0 aromatic carbocycles. The van der Waals surface area contributed by atoms with Gasteiger partial charge in [-0.1, -0.05) is 17.4 Å². The van der Waals surface area contributed by atoms with Crippen molar-refractivity contribution in [3.8, 4) is 5.88 Å². The first-order chi connectivity index (χ1) is 13.3. The first-order valence-corrected chi connectivity index (χ1v) is 12.2. The zero-order valence-electron chi connectivity index (χ0n) is 15.4. The highest BCUT2D eigenvalue weighted by molar-refractivity contribution is 8.02. The number of carbonyl (C=O) groups is 1. The van der Waals surface area contributed by atoms with E-state index >= 15 is 0 Å². The number of ether oxygens (including phenoxy) is 1. The van der Waals surface area contributed by atoms with E-state index in [1.165, 1.54) is 29.0 Å². The van der Waals surface area contributed by atoms with E-state index in [2.05, 4.69) is 20.5 Å². The van der Waals surface area contributed by atoms with Gasteiger partial charge in [-0.3, -0.25) is 10.1 Å². The van der Waals surface area contributed by atoms with E-state index in [4.69, 9.17) is 4.74 Å². The summed E-state index contributed by atoms with van der Waals surface area (Å²) in [5, 5.41) is 12.2. The van der Waals surface area contributed by atoms with Gasteiger partial charge in [0, 0.05) is 17.4 Å². The predicted octanol–water partition coefficient (Wildman–Crippen LogP) is 3.01. The molecule has 28 heavy (non-hydrogen) atoms. The van der Waals surface area contributed by atoms with Crippen molar-refractivity contribution in [2.45, 2.75) is 31.4 Å². The van der Waals surface area contributed by atoms with Crippen molar-refractivity contribution < 1.29 is 17.9 Å². The third kappa shape index (κ3) is 5.52. The van der Waals surface area contributed by atoms with E-state index in [0.717, 1.165) is 5.75 Å². The van der Waals surface area contributed by atoms with Crippen molar-refractivity contribution in [1.29, 1.82) is 0 Å². The summed E-state index contributed by atoms with van der Waals surface area (Å²) in [6, 6.07) is 2.70. The van der Waals surface area contributed by atoms with Crippen LogP contribution in [0.3, 0.4) is 0 Å². The van der Waals surface area contributed by atoms with Crippen molar-refractivity contribution in [2.75, 3.05) is 16.8 Å². The molecule has 3 heterocycles. The number of pyridine rings is 1. The smallest absolute Gasteiger partial charge is 0.257 e. The molecule has 8 nitrogen and oxygen atoms in total. The van der Waals surface area contributed by atoms with E-state index in [1.807, 2.05) is 11.5 Å². The van der Waals surface area contributed by atoms with Crippen LogP contribution >= 0.6 is 23.1 Å². The number of hydrogen-bond donors (Lipinski definition) is 1. The first-order valence-electron chi connectivity index (χ1n) is 8.61. The van der Waals surface area contributed by atoms with Gasteiger partial charge in [-0.15, -0.1) is 22.0 Å². The molecular weight excluding hydrogens is 420 g/mol. The molecule has 1 unspecified atom stereocenters. The van der Waals surface area contributed by atoms with Gasteiger partial charge in [-0.25, -0.2) is 13.4 Å². The fourth-order valence-corrected chi connectivity index (χ4v) is 5.23. The standard InChI is InChI=1S/C17H20N4O4S3/c1-11(2)25-14-7-13(16(22)20-17-21-18-10-27-17)8-15(19-14)28(23,24)6-4-12-3-5-26-9-12/h3,5,7-8,10-12H,4,6,9H2,1-2H3,(H,20,21,22). The maximum absolute atomic E-state index is 12.8. The molecule has 1 N–H and O–H groups in total. The molecule has 11 heteroatoms. The summed E-state index contributed by atoms with van der Waals surface area (Å²) in [5.41, 5.74) is 1.62. The van der Waals surface area contributed by atoms with E-state index in [9.17, 15) is 13.2 Å². The summed E-state index contributed by atoms with van der Waals surface area (Å²) >= 11 is 2.84. The van der Waals surface area contributed by atoms with Gasteiger partial charge < -0.3 is 4.74 Å². The quantitative estimate of drug-likeness (QED) is 0.667. The van der Waals surface area contributed by atoms with Gasteiger partial charge >= 0.3 is 0 Å². The highest BCUT2D eigenvalue weighted by Crippen LogP contribution is 2.25. The van der Waals surface area contributed by atoms with E-state index in [1.54, 1.807) is 25.6 Å². The predicted molar refractivity (Wildman–Crippen MR) is 110 cm³/mol. The Labute approximate surface area is 171 Å². The second-order valence-electron chi connectivity index (χ2n) is 6.43. The lowest BCUT2D eigenvalue weighted by Gasteiger charge is -2.13. The number of rotatable bonds is 8. The van der Waals surface area contributed by atoms with Crippen LogP contribution in [0.4, 0.5) is 5.13 Å². The maximum Gasteiger partial charge on any atom is 0.257 e. The average molecular weight is 441 g/mol. The Bertz CT molecular complexity index is 959. The number of sulfone groups is 1. The van der Waals surface area contributed by atoms with Crippen LogP contribution in [0.5, 0.6) is 5.88 Å². The minimum Gasteiger partial charge on any atom is -0.475 e. The highest BCUT2D eigenvalue weighted by Gasteiger charge is 2.23. The second kappa shape index (κ2) is 9.01. The maximum atomic E-state index is 12.8. The van der Waals surface area contributed by atoms with Crippen LogP contribution in [0.1, 0.15) is 30.6 Å². The van der Waals surface area contributed by atoms with Crippen LogP contribution in [-0.2, 0) is 9.84 Å². The summed E-state index contributed by atoms with van der Waals surface area (Å²) in [4.78, 5) is 16.7. The summed E-state index contributed by atoms with van der Waals surface area (Å²) < 4.78 is 31.2. The van der Waals surface area contributed by atoms with Gasteiger partial charge in [-0.05, 0) is 37.7 Å². The average Bonchev–Trinajstić information content (AvgIpc) is 3.33. The van der Waals surface area contributed by atoms with E-state index in [-0.39, 0.29) is 34.2 Å². The Morgan fingerprint density at radius 2 is 2.21 bits per heavy atom. The molecule has 0 aliphatic carbocycles. The molecule has 3 rings (SSSR count). The summed E-state index contributed by atoms with van der Waals surface area (Å²) in [6.45, 7) is 3.60. The molecule has 0 spiro atoms. The molecule has 1 amide bonds. The number of anilines is 1. The normalized spacial score (nSPS) is 16.5. The molecular formula is C17H20N4O4S3. The number of carbonyl (C=O) groups excluding carboxylic acids is 1. The number of allylic oxidation sites excluding steroid dienone is 1. The Kier molecular flexibility index (Phi) is 6.68. The summed E-state index contributed by atoms with van der Waals surface area (Å²) in [6.07, 6.45) is 2.31. The Morgan fingerprint density at radius 3 is 2.86 bits per heavy atom. The zero-order chi connectivity index (χ0) is 20.1. The van der Waals surface area contributed by atoms with Crippen molar-refractivity contribution >= 4 is 44.0 Å². The third-order valence-electron chi connectivity index (χ3n) is 3.81. The highest BCUT2D eigenvalue weighted by atomic mass is 32.2.